The van der Waals surface area contributed by atoms with Crippen molar-refractivity contribution in [3.8, 4) is 0 Å². The van der Waals surface area contributed by atoms with Crippen molar-refractivity contribution in [2.75, 3.05) is 19.6 Å². The Labute approximate surface area is 118 Å². The van der Waals surface area contributed by atoms with Gasteiger partial charge in [0.2, 0.25) is 5.91 Å². The Kier molecular flexibility index (Phi) is 8.62. The molecule has 0 aromatic rings. The summed E-state index contributed by atoms with van der Waals surface area (Å²) in [6.07, 6.45) is 3.17. The van der Waals surface area contributed by atoms with E-state index in [2.05, 4.69) is 33.0 Å². The Hall–Kier alpha value is -0.280. The second-order valence-corrected chi connectivity index (χ2v) is 5.54. The van der Waals surface area contributed by atoms with Gasteiger partial charge in [-0.15, -0.1) is 12.4 Å². The van der Waals surface area contributed by atoms with E-state index in [1.54, 1.807) is 0 Å². The quantitative estimate of drug-likeness (QED) is 0.837. The molecular formula is C14H29ClN2O. The Balaban J connectivity index is 0.00000289. The molecule has 0 saturated carbocycles. The molecule has 0 bridgehead atoms. The van der Waals surface area contributed by atoms with Crippen molar-refractivity contribution >= 4 is 18.3 Å². The van der Waals surface area contributed by atoms with Crippen LogP contribution in [-0.4, -0.2) is 36.5 Å². The third-order valence-electron chi connectivity index (χ3n) is 3.97. The number of carbonyl (C=O) groups excluding carboxylic acids is 1. The van der Waals surface area contributed by atoms with Crippen molar-refractivity contribution < 1.29 is 4.79 Å². The van der Waals surface area contributed by atoms with Crippen LogP contribution in [-0.2, 0) is 4.79 Å². The summed E-state index contributed by atoms with van der Waals surface area (Å²) in [5, 5.41) is 3.38. The molecule has 0 aliphatic carbocycles. The number of rotatable bonds is 5. The molecule has 0 radical (unpaired) electrons. The van der Waals surface area contributed by atoms with Crippen LogP contribution < -0.4 is 5.32 Å². The zero-order valence-electron chi connectivity index (χ0n) is 12.2. The summed E-state index contributed by atoms with van der Waals surface area (Å²) in [6.45, 7) is 11.5. The Morgan fingerprint density at radius 2 is 1.83 bits per heavy atom. The molecule has 1 heterocycles. The van der Waals surface area contributed by atoms with Gasteiger partial charge in [-0.05, 0) is 58.5 Å². The van der Waals surface area contributed by atoms with Gasteiger partial charge < -0.3 is 10.2 Å². The molecule has 1 aliphatic heterocycles. The number of hydrogen-bond acceptors (Lipinski definition) is 2. The molecule has 108 valence electrons. The molecular weight excluding hydrogens is 248 g/mol. The molecule has 1 N–H and O–H groups in total. The van der Waals surface area contributed by atoms with Crippen molar-refractivity contribution in [3.63, 3.8) is 0 Å². The SMILES string of the molecule is CCN(C(=O)CC(C)C1CCNCC1)C(C)C.Cl. The summed E-state index contributed by atoms with van der Waals surface area (Å²) in [7, 11) is 0. The van der Waals surface area contributed by atoms with E-state index in [-0.39, 0.29) is 12.4 Å². The Morgan fingerprint density at radius 3 is 2.28 bits per heavy atom. The standard InChI is InChI=1S/C14H28N2O.ClH/c1-5-16(11(2)3)14(17)10-12(4)13-6-8-15-9-7-13;/h11-13,15H,5-10H2,1-4H3;1H. The van der Waals surface area contributed by atoms with Gasteiger partial charge in [0, 0.05) is 19.0 Å². The van der Waals surface area contributed by atoms with Gasteiger partial charge in [-0.1, -0.05) is 6.92 Å². The molecule has 1 rings (SSSR count). The first-order valence-corrected chi connectivity index (χ1v) is 7.06. The molecule has 1 amide bonds. The molecule has 1 saturated heterocycles. The summed E-state index contributed by atoms with van der Waals surface area (Å²) in [5.41, 5.74) is 0. The second kappa shape index (κ2) is 8.76. The molecule has 0 spiro atoms. The van der Waals surface area contributed by atoms with Crippen molar-refractivity contribution in [2.45, 2.75) is 53.0 Å². The first-order chi connectivity index (χ1) is 8.06. The van der Waals surface area contributed by atoms with Crippen molar-refractivity contribution in [1.82, 2.24) is 10.2 Å². The number of hydrogen-bond donors (Lipinski definition) is 1. The van der Waals surface area contributed by atoms with Crippen molar-refractivity contribution in [3.05, 3.63) is 0 Å². The zero-order valence-corrected chi connectivity index (χ0v) is 13.1. The fourth-order valence-electron chi connectivity index (χ4n) is 2.80. The molecule has 4 heteroatoms. The van der Waals surface area contributed by atoms with Crippen LogP contribution in [0.5, 0.6) is 0 Å². The van der Waals surface area contributed by atoms with E-state index in [4.69, 9.17) is 0 Å². The zero-order chi connectivity index (χ0) is 12.8. The van der Waals surface area contributed by atoms with Crippen molar-refractivity contribution in [2.24, 2.45) is 11.8 Å². The van der Waals surface area contributed by atoms with Gasteiger partial charge >= 0.3 is 0 Å². The first-order valence-electron chi connectivity index (χ1n) is 7.06. The number of amides is 1. The van der Waals surface area contributed by atoms with E-state index in [9.17, 15) is 4.79 Å². The molecule has 1 unspecified atom stereocenters. The Morgan fingerprint density at radius 1 is 1.28 bits per heavy atom. The lowest BCUT2D eigenvalue weighted by atomic mass is 9.84. The molecule has 1 aliphatic rings. The smallest absolute Gasteiger partial charge is 0.223 e. The maximum Gasteiger partial charge on any atom is 0.223 e. The fourth-order valence-corrected chi connectivity index (χ4v) is 2.80. The minimum absolute atomic E-state index is 0. The molecule has 0 aromatic heterocycles. The minimum Gasteiger partial charge on any atom is -0.341 e. The van der Waals surface area contributed by atoms with Gasteiger partial charge in [0.15, 0.2) is 0 Å². The predicted octanol–water partition coefficient (Wildman–Crippen LogP) is 2.69. The van der Waals surface area contributed by atoms with Gasteiger partial charge in [-0.3, -0.25) is 4.79 Å². The summed E-state index contributed by atoms with van der Waals surface area (Å²) < 4.78 is 0. The fraction of sp³-hybridized carbons (Fsp3) is 0.929. The number of nitrogens with one attached hydrogen (secondary N) is 1. The number of nitrogens with zero attached hydrogens (tertiary/aromatic N) is 1. The van der Waals surface area contributed by atoms with Crippen molar-refractivity contribution in [1.29, 1.82) is 0 Å². The summed E-state index contributed by atoms with van der Waals surface area (Å²) in [5.74, 6) is 1.58. The van der Waals surface area contributed by atoms with Crippen LogP contribution in [0, 0.1) is 11.8 Å². The lowest BCUT2D eigenvalue weighted by Gasteiger charge is -2.31. The lowest BCUT2D eigenvalue weighted by molar-refractivity contribution is -0.134. The van der Waals surface area contributed by atoms with E-state index in [1.807, 2.05) is 4.90 Å². The maximum atomic E-state index is 12.2. The van der Waals surface area contributed by atoms with Gasteiger partial charge in [0.05, 0.1) is 0 Å². The van der Waals surface area contributed by atoms with Crippen LogP contribution in [0.2, 0.25) is 0 Å². The summed E-state index contributed by atoms with van der Waals surface area (Å²) in [6, 6.07) is 0.327. The van der Waals surface area contributed by atoms with Gasteiger partial charge in [0.1, 0.15) is 0 Å². The monoisotopic (exact) mass is 276 g/mol. The Bertz CT molecular complexity index is 240. The first kappa shape index (κ1) is 17.7. The van der Waals surface area contributed by atoms with Crippen LogP contribution in [0.15, 0.2) is 0 Å². The predicted molar refractivity (Wildman–Crippen MR) is 79.1 cm³/mol. The minimum atomic E-state index is 0. The highest BCUT2D eigenvalue weighted by Crippen LogP contribution is 2.25. The second-order valence-electron chi connectivity index (χ2n) is 5.54. The van der Waals surface area contributed by atoms with E-state index in [1.165, 1.54) is 12.8 Å². The maximum absolute atomic E-state index is 12.2. The largest absolute Gasteiger partial charge is 0.341 e. The third kappa shape index (κ3) is 5.15. The van der Waals surface area contributed by atoms with Crippen LogP contribution in [0.4, 0.5) is 0 Å². The summed E-state index contributed by atoms with van der Waals surface area (Å²) >= 11 is 0. The van der Waals surface area contributed by atoms with Crippen LogP contribution >= 0.6 is 12.4 Å². The van der Waals surface area contributed by atoms with Crippen LogP contribution in [0.3, 0.4) is 0 Å². The highest BCUT2D eigenvalue weighted by molar-refractivity contribution is 5.85. The van der Waals surface area contributed by atoms with E-state index >= 15 is 0 Å². The average Bonchev–Trinajstić information content (AvgIpc) is 2.30. The van der Waals surface area contributed by atoms with Gasteiger partial charge in [0.25, 0.3) is 0 Å². The third-order valence-corrected chi connectivity index (χ3v) is 3.97. The number of piperidine rings is 1. The molecule has 0 aromatic carbocycles. The number of carbonyl (C=O) groups is 1. The number of halogens is 1. The highest BCUT2D eigenvalue weighted by Gasteiger charge is 2.24. The topological polar surface area (TPSA) is 32.3 Å². The highest BCUT2D eigenvalue weighted by atomic mass is 35.5. The van der Waals surface area contributed by atoms with E-state index < -0.39 is 0 Å². The normalized spacial score (nSPS) is 18.3. The lowest BCUT2D eigenvalue weighted by Crippen LogP contribution is -2.39. The molecule has 1 fully saturated rings. The van der Waals surface area contributed by atoms with Crippen LogP contribution in [0.1, 0.15) is 47.0 Å². The summed E-state index contributed by atoms with van der Waals surface area (Å²) in [4.78, 5) is 14.2. The van der Waals surface area contributed by atoms with E-state index in [0.29, 0.717) is 17.9 Å². The van der Waals surface area contributed by atoms with Gasteiger partial charge in [-0.2, -0.15) is 0 Å². The average molecular weight is 277 g/mol. The van der Waals surface area contributed by atoms with Crippen LogP contribution in [0.25, 0.3) is 0 Å². The molecule has 3 nitrogen and oxygen atoms in total. The van der Waals surface area contributed by atoms with E-state index in [0.717, 1.165) is 32.0 Å². The molecule has 18 heavy (non-hydrogen) atoms. The molecule has 1 atom stereocenters. The van der Waals surface area contributed by atoms with Gasteiger partial charge in [-0.25, -0.2) is 0 Å².